The van der Waals surface area contributed by atoms with E-state index < -0.39 is 0 Å². The SMILES string of the molecule is C[C@]12CCC(=O)C(Cl)=C1NCC1C2CC[C@@]2(C)C1CC[C@@H]2C(=O)N(c1ccc(Cl)cc1)C1CCCC1. The van der Waals surface area contributed by atoms with Gasteiger partial charge < -0.3 is 10.2 Å². The van der Waals surface area contributed by atoms with Crippen molar-refractivity contribution in [2.75, 3.05) is 11.4 Å². The number of piperidine rings is 1. The molecule has 1 heterocycles. The number of Topliss-reactive ketones (excluding diaryl/α,β-unsaturated/α-hetero) is 1. The van der Waals surface area contributed by atoms with Crippen LogP contribution in [-0.2, 0) is 9.59 Å². The topological polar surface area (TPSA) is 49.4 Å². The highest BCUT2D eigenvalue weighted by atomic mass is 35.5. The number of hydrogen-bond acceptors (Lipinski definition) is 3. The minimum atomic E-state index is -0.0590. The number of amides is 1. The molecule has 1 saturated heterocycles. The number of carbonyl (C=O) groups is 2. The van der Waals surface area contributed by atoms with Crippen molar-refractivity contribution in [1.82, 2.24) is 5.32 Å². The molecule has 6 atom stereocenters. The maximum Gasteiger partial charge on any atom is 0.230 e. The number of nitrogens with one attached hydrogen (secondary N) is 1. The Bertz CT molecular complexity index is 1090. The summed E-state index contributed by atoms with van der Waals surface area (Å²) in [4.78, 5) is 28.9. The van der Waals surface area contributed by atoms with Crippen LogP contribution in [0.5, 0.6) is 0 Å². The molecule has 6 rings (SSSR count). The zero-order valence-corrected chi connectivity index (χ0v) is 23.0. The van der Waals surface area contributed by atoms with Crippen molar-refractivity contribution >= 4 is 40.6 Å². The molecule has 3 unspecified atom stereocenters. The Morgan fingerprint density at radius 2 is 1.69 bits per heavy atom. The number of ketones is 1. The van der Waals surface area contributed by atoms with Crippen molar-refractivity contribution < 1.29 is 9.59 Å². The zero-order chi connectivity index (χ0) is 25.2. The predicted octanol–water partition coefficient (Wildman–Crippen LogP) is 7.10. The summed E-state index contributed by atoms with van der Waals surface area (Å²) in [6, 6.07) is 8.17. The van der Waals surface area contributed by atoms with E-state index in [-0.39, 0.29) is 22.5 Å². The van der Waals surface area contributed by atoms with Crippen molar-refractivity contribution in [3.63, 3.8) is 0 Å². The van der Waals surface area contributed by atoms with Crippen LogP contribution in [0.15, 0.2) is 35.0 Å². The smallest absolute Gasteiger partial charge is 0.230 e. The molecule has 4 aliphatic carbocycles. The van der Waals surface area contributed by atoms with E-state index in [9.17, 15) is 9.59 Å². The van der Waals surface area contributed by atoms with Crippen LogP contribution in [0.25, 0.3) is 0 Å². The van der Waals surface area contributed by atoms with Crippen LogP contribution in [0.2, 0.25) is 5.02 Å². The summed E-state index contributed by atoms with van der Waals surface area (Å²) < 4.78 is 0. The molecular formula is C30H38Cl2N2O2. The molecule has 5 aliphatic rings. The molecule has 194 valence electrons. The highest BCUT2D eigenvalue weighted by Crippen LogP contribution is 2.65. The lowest BCUT2D eigenvalue weighted by Crippen LogP contribution is -2.58. The van der Waals surface area contributed by atoms with Gasteiger partial charge in [-0.2, -0.15) is 0 Å². The van der Waals surface area contributed by atoms with Gasteiger partial charge in [-0.15, -0.1) is 0 Å². The standard InChI is InChI=1S/C30H38Cl2N2O2/c1-29-15-13-23-21(17-33-27-26(32)25(35)14-16-30(23,27)2)22(29)11-12-24(29)28(36)34(19-5-3-4-6-19)20-9-7-18(31)8-10-20/h7-10,19,21-24,33H,3-6,11-17H2,1-2H3/t21?,22?,23?,24-,29+,30-/m1/s1. The van der Waals surface area contributed by atoms with Gasteiger partial charge in [0.2, 0.25) is 5.91 Å². The highest BCUT2D eigenvalue weighted by Gasteiger charge is 2.61. The van der Waals surface area contributed by atoms with E-state index in [1.807, 2.05) is 24.3 Å². The molecule has 4 nitrogen and oxygen atoms in total. The quantitative estimate of drug-likeness (QED) is 0.455. The third kappa shape index (κ3) is 3.68. The number of carbonyl (C=O) groups excluding carboxylic acids is 2. The van der Waals surface area contributed by atoms with Crippen LogP contribution < -0.4 is 10.2 Å². The van der Waals surface area contributed by atoms with Gasteiger partial charge in [-0.25, -0.2) is 0 Å². The van der Waals surface area contributed by atoms with Gasteiger partial charge in [-0.3, -0.25) is 9.59 Å². The first kappa shape index (κ1) is 24.8. The number of allylic oxidation sites excluding steroid dienone is 2. The molecule has 1 aliphatic heterocycles. The fourth-order valence-electron chi connectivity index (χ4n) is 9.09. The molecule has 0 spiro atoms. The Kier molecular flexibility index (Phi) is 6.23. The number of rotatable bonds is 3. The first-order valence-corrected chi connectivity index (χ1v) is 14.8. The lowest BCUT2D eigenvalue weighted by Gasteiger charge is -2.58. The fourth-order valence-corrected chi connectivity index (χ4v) is 9.59. The van der Waals surface area contributed by atoms with Gasteiger partial charge in [0.15, 0.2) is 5.78 Å². The lowest BCUT2D eigenvalue weighted by molar-refractivity contribution is -0.130. The van der Waals surface area contributed by atoms with Crippen molar-refractivity contribution in [3.8, 4) is 0 Å². The van der Waals surface area contributed by atoms with Gasteiger partial charge in [-0.05, 0) is 92.4 Å². The monoisotopic (exact) mass is 528 g/mol. The van der Waals surface area contributed by atoms with Crippen LogP contribution in [-0.4, -0.2) is 24.3 Å². The highest BCUT2D eigenvalue weighted by molar-refractivity contribution is 6.43. The molecule has 0 radical (unpaired) electrons. The molecule has 36 heavy (non-hydrogen) atoms. The van der Waals surface area contributed by atoms with Crippen LogP contribution >= 0.6 is 23.2 Å². The first-order valence-electron chi connectivity index (χ1n) is 14.0. The zero-order valence-electron chi connectivity index (χ0n) is 21.5. The first-order chi connectivity index (χ1) is 17.2. The van der Waals surface area contributed by atoms with Gasteiger partial charge in [0.1, 0.15) is 5.03 Å². The predicted molar refractivity (Wildman–Crippen MR) is 145 cm³/mol. The van der Waals surface area contributed by atoms with Gasteiger partial charge in [-0.1, -0.05) is 49.9 Å². The molecule has 1 amide bonds. The Labute approximate surface area is 225 Å². The summed E-state index contributed by atoms with van der Waals surface area (Å²) in [5.74, 6) is 2.02. The molecule has 1 aromatic rings. The second-order valence-corrected chi connectivity index (χ2v) is 13.4. The summed E-state index contributed by atoms with van der Waals surface area (Å²) in [6.45, 7) is 5.59. The maximum absolute atomic E-state index is 14.4. The van der Waals surface area contributed by atoms with E-state index >= 15 is 0 Å². The number of benzene rings is 1. The molecule has 1 aromatic carbocycles. The largest absolute Gasteiger partial charge is 0.386 e. The summed E-state index contributed by atoms with van der Waals surface area (Å²) in [5.41, 5.74) is 1.94. The minimum absolute atomic E-state index is 0.00900. The summed E-state index contributed by atoms with van der Waals surface area (Å²) >= 11 is 12.7. The molecule has 0 bridgehead atoms. The second kappa shape index (κ2) is 9.05. The Balaban J connectivity index is 1.29. The lowest BCUT2D eigenvalue weighted by atomic mass is 9.50. The van der Waals surface area contributed by atoms with Gasteiger partial charge in [0, 0.05) is 46.7 Å². The van der Waals surface area contributed by atoms with E-state index in [1.54, 1.807) is 0 Å². The van der Waals surface area contributed by atoms with Crippen molar-refractivity contribution in [2.24, 2.45) is 34.5 Å². The second-order valence-electron chi connectivity index (χ2n) is 12.6. The third-order valence-corrected chi connectivity index (χ3v) is 11.7. The van der Waals surface area contributed by atoms with Crippen LogP contribution in [0.3, 0.4) is 0 Å². The molecule has 0 aromatic heterocycles. The Morgan fingerprint density at radius 3 is 2.42 bits per heavy atom. The van der Waals surface area contributed by atoms with Gasteiger partial charge in [0.25, 0.3) is 0 Å². The summed E-state index contributed by atoms with van der Waals surface area (Å²) in [6.07, 6.45) is 10.2. The average Bonchev–Trinajstić information content (AvgIpc) is 3.51. The molecule has 6 heteroatoms. The third-order valence-electron chi connectivity index (χ3n) is 11.0. The Hall–Kier alpha value is -1.52. The number of halogens is 2. The van der Waals surface area contributed by atoms with E-state index in [2.05, 4.69) is 24.1 Å². The van der Waals surface area contributed by atoms with Crippen molar-refractivity contribution in [2.45, 2.75) is 84.1 Å². The number of hydrogen-bond donors (Lipinski definition) is 1. The minimum Gasteiger partial charge on any atom is -0.386 e. The normalized spacial score (nSPS) is 38.3. The van der Waals surface area contributed by atoms with Crippen LogP contribution in [0.4, 0.5) is 5.69 Å². The van der Waals surface area contributed by atoms with E-state index in [1.165, 1.54) is 12.8 Å². The average molecular weight is 530 g/mol. The van der Waals surface area contributed by atoms with Crippen LogP contribution in [0, 0.1) is 34.5 Å². The molecule has 1 N–H and O–H groups in total. The van der Waals surface area contributed by atoms with Crippen molar-refractivity contribution in [3.05, 3.63) is 40.0 Å². The summed E-state index contributed by atoms with van der Waals surface area (Å²) in [7, 11) is 0. The van der Waals surface area contributed by atoms with E-state index in [4.69, 9.17) is 23.2 Å². The fraction of sp³-hybridized carbons (Fsp3) is 0.667. The molecular weight excluding hydrogens is 491 g/mol. The van der Waals surface area contributed by atoms with Crippen LogP contribution in [0.1, 0.15) is 78.1 Å². The van der Waals surface area contributed by atoms with Gasteiger partial charge >= 0.3 is 0 Å². The van der Waals surface area contributed by atoms with E-state index in [0.29, 0.717) is 46.2 Å². The summed E-state index contributed by atoms with van der Waals surface area (Å²) in [5, 5.41) is 4.78. The Morgan fingerprint density at radius 1 is 0.972 bits per heavy atom. The molecule has 4 fully saturated rings. The number of anilines is 1. The van der Waals surface area contributed by atoms with Crippen molar-refractivity contribution in [1.29, 1.82) is 0 Å². The number of fused-ring (bicyclic) bond motifs is 5. The maximum atomic E-state index is 14.4. The van der Waals surface area contributed by atoms with Gasteiger partial charge in [0.05, 0.1) is 0 Å². The van der Waals surface area contributed by atoms with E-state index in [0.717, 1.165) is 62.9 Å². The molecule has 3 saturated carbocycles. The number of nitrogens with zero attached hydrogens (tertiary/aromatic N) is 1.